The van der Waals surface area contributed by atoms with E-state index >= 15 is 0 Å². The summed E-state index contributed by atoms with van der Waals surface area (Å²) in [6, 6.07) is 0. The summed E-state index contributed by atoms with van der Waals surface area (Å²) >= 11 is 0. The third kappa shape index (κ3) is 9.47. The summed E-state index contributed by atoms with van der Waals surface area (Å²) in [6.45, 7) is 9.79. The molecule has 0 aromatic rings. The molecule has 0 aromatic heterocycles. The summed E-state index contributed by atoms with van der Waals surface area (Å²) < 4.78 is 5.40. The van der Waals surface area contributed by atoms with Gasteiger partial charge in [-0.2, -0.15) is 0 Å². The van der Waals surface area contributed by atoms with Crippen molar-refractivity contribution < 1.29 is 9.53 Å². The fourth-order valence-corrected chi connectivity index (χ4v) is 1.03. The zero-order chi connectivity index (χ0) is 11.5. The number of amides is 1. The molecule has 0 aliphatic carbocycles. The number of nitrogens with one attached hydrogen (secondary N) is 1. The van der Waals surface area contributed by atoms with E-state index in [9.17, 15) is 4.79 Å². The van der Waals surface area contributed by atoms with Gasteiger partial charge in [-0.3, -0.25) is 4.79 Å². The summed E-state index contributed by atoms with van der Waals surface area (Å²) in [5.74, 6) is -0.0538. The molecule has 0 aromatic carbocycles. The molecule has 0 radical (unpaired) electrons. The fraction of sp³-hybridized carbons (Fsp3) is 0.750. The molecule has 3 heteroatoms. The van der Waals surface area contributed by atoms with Crippen molar-refractivity contribution in [1.82, 2.24) is 5.32 Å². The Morgan fingerprint density at radius 3 is 2.53 bits per heavy atom. The van der Waals surface area contributed by atoms with E-state index in [0.29, 0.717) is 12.1 Å². The van der Waals surface area contributed by atoms with Crippen LogP contribution in [0.2, 0.25) is 0 Å². The number of hydrogen-bond donors (Lipinski definition) is 1. The lowest BCUT2D eigenvalue weighted by Crippen LogP contribution is -2.24. The summed E-state index contributed by atoms with van der Waals surface area (Å²) in [4.78, 5) is 11.1. The second-order valence-corrected chi connectivity index (χ2v) is 3.71. The predicted molar refractivity (Wildman–Crippen MR) is 62.8 cm³/mol. The van der Waals surface area contributed by atoms with E-state index in [1.54, 1.807) is 6.92 Å². The van der Waals surface area contributed by atoms with E-state index in [1.165, 1.54) is 6.42 Å². The normalized spacial score (nSPS) is 10.0. The van der Waals surface area contributed by atoms with E-state index in [-0.39, 0.29) is 5.91 Å². The van der Waals surface area contributed by atoms with Crippen molar-refractivity contribution in [2.45, 2.75) is 39.5 Å². The second-order valence-electron chi connectivity index (χ2n) is 3.71. The molecule has 15 heavy (non-hydrogen) atoms. The molecular weight excluding hydrogens is 190 g/mol. The highest BCUT2D eigenvalue weighted by Gasteiger charge is 1.98. The molecular formula is C12H23NO2. The van der Waals surface area contributed by atoms with Crippen molar-refractivity contribution in [3.8, 4) is 0 Å². The summed E-state index contributed by atoms with van der Waals surface area (Å²) in [5, 5.41) is 2.79. The summed E-state index contributed by atoms with van der Waals surface area (Å²) in [6.07, 6.45) is 4.27. The molecule has 0 saturated carbocycles. The first-order valence-electron chi connectivity index (χ1n) is 5.70. The van der Waals surface area contributed by atoms with Crippen LogP contribution in [0, 0.1) is 0 Å². The first kappa shape index (κ1) is 14.2. The molecule has 0 saturated heterocycles. The summed E-state index contributed by atoms with van der Waals surface area (Å²) in [5.41, 5.74) is 0.564. The molecule has 3 nitrogen and oxygen atoms in total. The SMILES string of the molecule is C=C(C)C(=O)NCCCCOCCCC. The van der Waals surface area contributed by atoms with Gasteiger partial charge in [-0.15, -0.1) is 0 Å². The Morgan fingerprint density at radius 1 is 1.27 bits per heavy atom. The van der Waals surface area contributed by atoms with Gasteiger partial charge in [-0.05, 0) is 26.2 Å². The van der Waals surface area contributed by atoms with Gasteiger partial charge in [0, 0.05) is 25.3 Å². The Balaban J connectivity index is 3.11. The van der Waals surface area contributed by atoms with Crippen LogP contribution in [0.25, 0.3) is 0 Å². The van der Waals surface area contributed by atoms with Gasteiger partial charge in [0.15, 0.2) is 0 Å². The Labute approximate surface area is 92.9 Å². The maximum atomic E-state index is 11.1. The van der Waals surface area contributed by atoms with Crippen LogP contribution < -0.4 is 5.32 Å². The third-order valence-electron chi connectivity index (χ3n) is 2.03. The molecule has 0 bridgehead atoms. The Hall–Kier alpha value is -0.830. The number of carbonyl (C=O) groups excluding carboxylic acids is 1. The molecule has 0 unspecified atom stereocenters. The van der Waals surface area contributed by atoms with Crippen molar-refractivity contribution in [2.75, 3.05) is 19.8 Å². The van der Waals surface area contributed by atoms with Crippen LogP contribution in [0.4, 0.5) is 0 Å². The van der Waals surface area contributed by atoms with Crippen molar-refractivity contribution in [1.29, 1.82) is 0 Å². The van der Waals surface area contributed by atoms with Crippen molar-refractivity contribution in [3.05, 3.63) is 12.2 Å². The first-order valence-corrected chi connectivity index (χ1v) is 5.70. The molecule has 0 atom stereocenters. The monoisotopic (exact) mass is 213 g/mol. The minimum absolute atomic E-state index is 0.0538. The van der Waals surface area contributed by atoms with Crippen LogP contribution in [-0.2, 0) is 9.53 Å². The average Bonchev–Trinajstić information content (AvgIpc) is 2.21. The number of hydrogen-bond acceptors (Lipinski definition) is 2. The molecule has 0 spiro atoms. The van der Waals surface area contributed by atoms with E-state index in [2.05, 4.69) is 18.8 Å². The van der Waals surface area contributed by atoms with Gasteiger partial charge in [-0.1, -0.05) is 19.9 Å². The van der Waals surface area contributed by atoms with E-state index in [1.807, 2.05) is 0 Å². The van der Waals surface area contributed by atoms with Crippen LogP contribution in [-0.4, -0.2) is 25.7 Å². The zero-order valence-corrected chi connectivity index (χ0v) is 9.97. The topological polar surface area (TPSA) is 38.3 Å². The number of unbranched alkanes of at least 4 members (excludes halogenated alkanes) is 2. The van der Waals surface area contributed by atoms with Crippen molar-refractivity contribution in [3.63, 3.8) is 0 Å². The average molecular weight is 213 g/mol. The largest absolute Gasteiger partial charge is 0.381 e. The van der Waals surface area contributed by atoms with E-state index in [0.717, 1.165) is 32.5 Å². The standard InChI is InChI=1S/C12H23NO2/c1-4-5-9-15-10-7-6-8-13-12(14)11(2)3/h2,4-10H2,1,3H3,(H,13,14). The molecule has 1 amide bonds. The highest BCUT2D eigenvalue weighted by molar-refractivity contribution is 5.91. The first-order chi connectivity index (χ1) is 7.18. The molecule has 0 aliphatic heterocycles. The lowest BCUT2D eigenvalue weighted by Gasteiger charge is -2.05. The van der Waals surface area contributed by atoms with Crippen molar-refractivity contribution >= 4 is 5.91 Å². The zero-order valence-electron chi connectivity index (χ0n) is 9.97. The minimum atomic E-state index is -0.0538. The van der Waals surface area contributed by atoms with Gasteiger partial charge in [0.25, 0.3) is 0 Å². The molecule has 0 heterocycles. The van der Waals surface area contributed by atoms with E-state index in [4.69, 9.17) is 4.74 Å². The van der Waals surface area contributed by atoms with Crippen molar-refractivity contribution in [2.24, 2.45) is 0 Å². The smallest absolute Gasteiger partial charge is 0.246 e. The Morgan fingerprint density at radius 2 is 1.93 bits per heavy atom. The lowest BCUT2D eigenvalue weighted by molar-refractivity contribution is -0.117. The van der Waals surface area contributed by atoms with Crippen LogP contribution in [0.3, 0.4) is 0 Å². The van der Waals surface area contributed by atoms with E-state index < -0.39 is 0 Å². The van der Waals surface area contributed by atoms with Gasteiger partial charge in [0.1, 0.15) is 0 Å². The highest BCUT2D eigenvalue weighted by atomic mass is 16.5. The van der Waals surface area contributed by atoms with Crippen LogP contribution in [0.5, 0.6) is 0 Å². The third-order valence-corrected chi connectivity index (χ3v) is 2.03. The van der Waals surface area contributed by atoms with Gasteiger partial charge in [0.05, 0.1) is 0 Å². The van der Waals surface area contributed by atoms with Gasteiger partial charge in [0.2, 0.25) is 5.91 Å². The molecule has 0 rings (SSSR count). The second kappa shape index (κ2) is 9.71. The lowest BCUT2D eigenvalue weighted by atomic mass is 10.3. The Bertz CT molecular complexity index is 190. The van der Waals surface area contributed by atoms with Crippen LogP contribution >= 0.6 is 0 Å². The van der Waals surface area contributed by atoms with Gasteiger partial charge in [-0.25, -0.2) is 0 Å². The molecule has 0 fully saturated rings. The number of rotatable bonds is 9. The Kier molecular flexibility index (Phi) is 9.18. The summed E-state index contributed by atoms with van der Waals surface area (Å²) in [7, 11) is 0. The molecule has 1 N–H and O–H groups in total. The maximum Gasteiger partial charge on any atom is 0.246 e. The molecule has 88 valence electrons. The number of ether oxygens (including phenoxy) is 1. The minimum Gasteiger partial charge on any atom is -0.381 e. The quantitative estimate of drug-likeness (QED) is 0.471. The van der Waals surface area contributed by atoms with Gasteiger partial charge >= 0.3 is 0 Å². The number of carbonyl (C=O) groups is 1. The van der Waals surface area contributed by atoms with Crippen LogP contribution in [0.1, 0.15) is 39.5 Å². The predicted octanol–water partition coefficient (Wildman–Crippen LogP) is 2.28. The maximum absolute atomic E-state index is 11.1. The van der Waals surface area contributed by atoms with Crippen LogP contribution in [0.15, 0.2) is 12.2 Å². The fourth-order valence-electron chi connectivity index (χ4n) is 1.03. The van der Waals surface area contributed by atoms with Gasteiger partial charge < -0.3 is 10.1 Å². The molecule has 0 aliphatic rings. The highest BCUT2D eigenvalue weighted by Crippen LogP contribution is 1.93.